The van der Waals surface area contributed by atoms with Gasteiger partial charge in [-0.1, -0.05) is 30.3 Å². The van der Waals surface area contributed by atoms with E-state index in [0.717, 1.165) is 63.6 Å². The quantitative estimate of drug-likeness (QED) is 0.537. The molecular formula is C30H37N7O. The minimum Gasteiger partial charge on any atom is -0.462 e. The average Bonchev–Trinajstić information content (AvgIpc) is 3.35. The van der Waals surface area contributed by atoms with Gasteiger partial charge in [-0.2, -0.15) is 15.2 Å². The van der Waals surface area contributed by atoms with E-state index in [1.807, 2.05) is 0 Å². The Bertz CT molecular complexity index is 1350. The second kappa shape index (κ2) is 10.8. The van der Waals surface area contributed by atoms with Gasteiger partial charge in [0, 0.05) is 54.9 Å². The van der Waals surface area contributed by atoms with E-state index in [9.17, 15) is 5.26 Å². The number of likely N-dealkylation sites (N-methyl/N-ethyl adjacent to an activating group) is 1. The number of benzene rings is 2. The van der Waals surface area contributed by atoms with Crippen LogP contribution in [0.4, 0.5) is 11.5 Å². The Labute approximate surface area is 225 Å². The molecule has 4 heterocycles. The van der Waals surface area contributed by atoms with Crippen molar-refractivity contribution in [3.05, 3.63) is 53.2 Å². The fourth-order valence-corrected chi connectivity index (χ4v) is 6.31. The molecule has 8 heteroatoms. The fourth-order valence-electron chi connectivity index (χ4n) is 6.31. The molecule has 0 spiro atoms. The topological polar surface area (TPSA) is 80.6 Å². The molecule has 198 valence electrons. The lowest BCUT2D eigenvalue weighted by atomic mass is 9.99. The third-order valence-corrected chi connectivity index (χ3v) is 8.42. The third kappa shape index (κ3) is 4.89. The van der Waals surface area contributed by atoms with E-state index in [1.165, 1.54) is 34.0 Å². The number of piperazine rings is 1. The van der Waals surface area contributed by atoms with Gasteiger partial charge in [-0.25, -0.2) is 0 Å². The molecule has 2 saturated heterocycles. The summed E-state index contributed by atoms with van der Waals surface area (Å²) in [6, 6.07) is 16.5. The van der Waals surface area contributed by atoms with Gasteiger partial charge in [0.1, 0.15) is 12.4 Å². The summed E-state index contributed by atoms with van der Waals surface area (Å²) in [6.45, 7) is 8.04. The number of fused-ring (bicyclic) bond motifs is 2. The number of hydrogen-bond acceptors (Lipinski definition) is 8. The van der Waals surface area contributed by atoms with Gasteiger partial charge >= 0.3 is 6.01 Å². The number of nitrogens with one attached hydrogen (secondary N) is 1. The molecule has 0 saturated carbocycles. The number of anilines is 2. The van der Waals surface area contributed by atoms with Crippen molar-refractivity contribution in [2.45, 2.75) is 51.2 Å². The first kappa shape index (κ1) is 24.9. The molecule has 0 unspecified atom stereocenters. The molecule has 0 amide bonds. The van der Waals surface area contributed by atoms with Crippen LogP contribution < -0.4 is 19.9 Å². The zero-order valence-electron chi connectivity index (χ0n) is 22.5. The first-order chi connectivity index (χ1) is 18.6. The van der Waals surface area contributed by atoms with Crippen molar-refractivity contribution in [2.24, 2.45) is 0 Å². The van der Waals surface area contributed by atoms with Crippen molar-refractivity contribution in [3.8, 4) is 12.1 Å². The SMILES string of the molecule is Cc1cccc2cccc(N3CCc4c(nc(OC[C@@H]5CCCN5C)nc4N4CCN[C@H](CC#N)C4)C3)c12. The summed E-state index contributed by atoms with van der Waals surface area (Å²) in [4.78, 5) is 17.2. The highest BCUT2D eigenvalue weighted by Gasteiger charge is 2.30. The molecule has 38 heavy (non-hydrogen) atoms. The summed E-state index contributed by atoms with van der Waals surface area (Å²) in [5, 5.41) is 15.3. The van der Waals surface area contributed by atoms with Crippen LogP contribution in [-0.4, -0.2) is 73.3 Å². The lowest BCUT2D eigenvalue weighted by Gasteiger charge is -2.37. The minimum absolute atomic E-state index is 0.148. The van der Waals surface area contributed by atoms with Crippen LogP contribution in [0.15, 0.2) is 36.4 Å². The van der Waals surface area contributed by atoms with Gasteiger partial charge < -0.3 is 24.8 Å². The Morgan fingerprint density at radius 3 is 2.79 bits per heavy atom. The summed E-state index contributed by atoms with van der Waals surface area (Å²) in [5.74, 6) is 0.989. The number of nitrogens with zero attached hydrogens (tertiary/aromatic N) is 6. The van der Waals surface area contributed by atoms with Crippen LogP contribution in [0.25, 0.3) is 10.8 Å². The summed E-state index contributed by atoms with van der Waals surface area (Å²) in [5.41, 5.74) is 4.83. The van der Waals surface area contributed by atoms with Crippen molar-refractivity contribution >= 4 is 22.3 Å². The number of ether oxygens (including phenoxy) is 1. The standard InChI is InChI=1S/C30H37N7O/c1-21-6-3-7-22-8-4-10-27(28(21)22)36-16-12-25-26(19-36)33-30(38-20-24-9-5-15-35(24)2)34-29(25)37-17-14-32-23(18-37)11-13-31/h3-4,6-8,10,23-24,32H,5,9,11-12,14-20H2,1-2H3/t23-,24+/m1/s1. The molecule has 2 aromatic carbocycles. The maximum absolute atomic E-state index is 9.28. The smallest absolute Gasteiger partial charge is 0.318 e. The van der Waals surface area contributed by atoms with Crippen LogP contribution in [0.3, 0.4) is 0 Å². The van der Waals surface area contributed by atoms with E-state index < -0.39 is 0 Å². The van der Waals surface area contributed by atoms with Crippen LogP contribution in [0.2, 0.25) is 0 Å². The van der Waals surface area contributed by atoms with E-state index in [2.05, 4.69) is 76.5 Å². The molecule has 1 N–H and O–H groups in total. The lowest BCUT2D eigenvalue weighted by Crippen LogP contribution is -2.51. The number of likely N-dealkylation sites (tertiary alicyclic amines) is 1. The van der Waals surface area contributed by atoms with E-state index in [1.54, 1.807) is 0 Å². The van der Waals surface area contributed by atoms with E-state index in [4.69, 9.17) is 14.7 Å². The normalized spacial score (nSPS) is 21.9. The van der Waals surface area contributed by atoms with E-state index in [0.29, 0.717) is 25.1 Å². The molecule has 0 radical (unpaired) electrons. The van der Waals surface area contributed by atoms with Gasteiger partial charge in [0.05, 0.1) is 24.7 Å². The number of hydrogen-bond donors (Lipinski definition) is 1. The molecule has 2 fully saturated rings. The summed E-state index contributed by atoms with van der Waals surface area (Å²) >= 11 is 0. The highest BCUT2D eigenvalue weighted by Crippen LogP contribution is 2.35. The molecule has 1 aromatic heterocycles. The first-order valence-corrected chi connectivity index (χ1v) is 13.9. The maximum atomic E-state index is 9.28. The Balaban J connectivity index is 1.34. The second-order valence-electron chi connectivity index (χ2n) is 10.9. The van der Waals surface area contributed by atoms with Gasteiger partial charge in [0.2, 0.25) is 0 Å². The number of aromatic nitrogens is 2. The van der Waals surface area contributed by atoms with Crippen molar-refractivity contribution in [1.82, 2.24) is 20.2 Å². The Hall–Kier alpha value is -3.41. The molecule has 0 aliphatic carbocycles. The average molecular weight is 512 g/mol. The minimum atomic E-state index is 0.148. The first-order valence-electron chi connectivity index (χ1n) is 13.9. The Morgan fingerprint density at radius 1 is 1.11 bits per heavy atom. The van der Waals surface area contributed by atoms with Crippen LogP contribution in [0, 0.1) is 18.3 Å². The van der Waals surface area contributed by atoms with Crippen molar-refractivity contribution < 1.29 is 4.74 Å². The third-order valence-electron chi connectivity index (χ3n) is 8.42. The van der Waals surface area contributed by atoms with E-state index in [-0.39, 0.29) is 6.04 Å². The zero-order valence-corrected chi connectivity index (χ0v) is 22.5. The fraction of sp³-hybridized carbons (Fsp3) is 0.500. The van der Waals surface area contributed by atoms with Gasteiger partial charge in [-0.05, 0) is 56.8 Å². The number of rotatable bonds is 6. The van der Waals surface area contributed by atoms with Crippen LogP contribution >= 0.6 is 0 Å². The highest BCUT2D eigenvalue weighted by molar-refractivity contribution is 5.97. The summed E-state index contributed by atoms with van der Waals surface area (Å²) < 4.78 is 6.29. The molecule has 2 atom stereocenters. The molecule has 8 nitrogen and oxygen atoms in total. The molecule has 3 aliphatic heterocycles. The van der Waals surface area contributed by atoms with Crippen LogP contribution in [0.1, 0.15) is 36.1 Å². The van der Waals surface area contributed by atoms with Gasteiger partial charge in [-0.3, -0.25) is 0 Å². The monoisotopic (exact) mass is 511 g/mol. The Kier molecular flexibility index (Phi) is 7.05. The van der Waals surface area contributed by atoms with Crippen LogP contribution in [-0.2, 0) is 13.0 Å². The number of aryl methyl sites for hydroxylation is 1. The van der Waals surface area contributed by atoms with Gasteiger partial charge in [0.25, 0.3) is 0 Å². The summed E-state index contributed by atoms with van der Waals surface area (Å²) in [6.07, 6.45) is 3.73. The molecular weight excluding hydrogens is 474 g/mol. The maximum Gasteiger partial charge on any atom is 0.318 e. The lowest BCUT2D eigenvalue weighted by molar-refractivity contribution is 0.187. The number of nitriles is 1. The van der Waals surface area contributed by atoms with Crippen LogP contribution in [0.5, 0.6) is 6.01 Å². The highest BCUT2D eigenvalue weighted by atomic mass is 16.5. The largest absolute Gasteiger partial charge is 0.462 e. The molecule has 3 aromatic rings. The molecule has 3 aliphatic rings. The van der Waals surface area contributed by atoms with Crippen molar-refractivity contribution in [1.29, 1.82) is 5.26 Å². The van der Waals surface area contributed by atoms with Crippen molar-refractivity contribution in [2.75, 3.05) is 56.2 Å². The summed E-state index contributed by atoms with van der Waals surface area (Å²) in [7, 11) is 2.17. The molecule has 0 bridgehead atoms. The predicted molar refractivity (Wildman–Crippen MR) is 151 cm³/mol. The van der Waals surface area contributed by atoms with Gasteiger partial charge in [-0.15, -0.1) is 0 Å². The van der Waals surface area contributed by atoms with Gasteiger partial charge in [0.15, 0.2) is 0 Å². The van der Waals surface area contributed by atoms with Crippen molar-refractivity contribution in [3.63, 3.8) is 0 Å². The predicted octanol–water partition coefficient (Wildman–Crippen LogP) is 3.67. The second-order valence-corrected chi connectivity index (χ2v) is 10.9. The van der Waals surface area contributed by atoms with E-state index >= 15 is 0 Å². The zero-order chi connectivity index (χ0) is 26.1. The Morgan fingerprint density at radius 2 is 1.97 bits per heavy atom. The molecule has 6 rings (SSSR count).